The second kappa shape index (κ2) is 12.1. The first-order chi connectivity index (χ1) is 25.9. The van der Waals surface area contributed by atoms with Crippen molar-refractivity contribution in [1.82, 2.24) is 14.8 Å². The van der Waals surface area contributed by atoms with Gasteiger partial charge in [-0.15, -0.1) is 0 Å². The van der Waals surface area contributed by atoms with Crippen molar-refractivity contribution >= 4 is 57.3 Å². The summed E-state index contributed by atoms with van der Waals surface area (Å²) >= 11 is 0. The Morgan fingerprint density at radius 1 is 0.852 bits per heavy atom. The highest BCUT2D eigenvalue weighted by Crippen LogP contribution is 2.49. The average Bonchev–Trinajstić information content (AvgIpc) is 3.36. The van der Waals surface area contributed by atoms with Crippen molar-refractivity contribution in [3.8, 4) is 5.75 Å². The highest BCUT2D eigenvalue weighted by atomic mass is 19.3. The maximum atomic E-state index is 14.9. The number of carbonyl (C=O) groups is 4. The van der Waals surface area contributed by atoms with Gasteiger partial charge in [0.25, 0.3) is 23.8 Å². The predicted molar refractivity (Wildman–Crippen MR) is 197 cm³/mol. The van der Waals surface area contributed by atoms with Gasteiger partial charge in [-0.3, -0.25) is 34.2 Å². The molecule has 278 valence electrons. The highest BCUT2D eigenvalue weighted by Gasteiger charge is 2.53. The predicted octanol–water partition coefficient (Wildman–Crippen LogP) is 4.61. The lowest BCUT2D eigenvalue weighted by molar-refractivity contribution is -0.136. The van der Waals surface area contributed by atoms with Crippen molar-refractivity contribution in [3.05, 3.63) is 86.7 Å². The van der Waals surface area contributed by atoms with E-state index in [1.807, 2.05) is 29.2 Å². The van der Waals surface area contributed by atoms with Crippen LogP contribution in [-0.4, -0.2) is 79.0 Å². The van der Waals surface area contributed by atoms with Crippen LogP contribution in [0.4, 0.5) is 31.5 Å². The van der Waals surface area contributed by atoms with Gasteiger partial charge in [-0.05, 0) is 68.1 Å². The van der Waals surface area contributed by atoms with Crippen LogP contribution < -0.4 is 30.3 Å². The Morgan fingerprint density at radius 2 is 1.59 bits per heavy atom. The summed E-state index contributed by atoms with van der Waals surface area (Å²) in [6, 6.07) is 13.2. The number of hydrogen-bond acceptors (Lipinski definition) is 9. The van der Waals surface area contributed by atoms with Gasteiger partial charge in [-0.1, -0.05) is 0 Å². The van der Waals surface area contributed by atoms with Crippen LogP contribution in [0.1, 0.15) is 63.1 Å². The zero-order valence-electron chi connectivity index (χ0n) is 30.1. The smallest absolute Gasteiger partial charge is 0.265 e. The van der Waals surface area contributed by atoms with Crippen molar-refractivity contribution in [2.24, 2.45) is 12.5 Å². The number of nitrogens with one attached hydrogen (secondary N) is 1. The molecule has 3 saturated heterocycles. The van der Waals surface area contributed by atoms with Gasteiger partial charge < -0.3 is 24.0 Å². The molecule has 1 N–H and O–H groups in total. The van der Waals surface area contributed by atoms with Crippen LogP contribution in [0, 0.1) is 12.3 Å². The normalized spacial score (nSPS) is 20.4. The van der Waals surface area contributed by atoms with E-state index in [-0.39, 0.29) is 40.5 Å². The van der Waals surface area contributed by atoms with Gasteiger partial charge in [-0.2, -0.15) is 0 Å². The number of nitrogens with zero attached hydrogens (tertiary/aromatic N) is 5. The summed E-state index contributed by atoms with van der Waals surface area (Å²) in [6.07, 6.45) is -0.987. The number of piperidine rings is 1. The lowest BCUT2D eigenvalue weighted by atomic mass is 9.72. The van der Waals surface area contributed by atoms with Crippen molar-refractivity contribution in [2.75, 3.05) is 54.5 Å². The molecule has 0 saturated carbocycles. The van der Waals surface area contributed by atoms with Gasteiger partial charge in [0.05, 0.1) is 29.4 Å². The number of aryl methyl sites for hydroxylation is 3. The molecule has 14 heteroatoms. The van der Waals surface area contributed by atoms with Crippen molar-refractivity contribution < 1.29 is 32.7 Å². The molecule has 0 aliphatic carbocycles. The van der Waals surface area contributed by atoms with E-state index in [1.54, 1.807) is 49.9 Å². The summed E-state index contributed by atoms with van der Waals surface area (Å²) in [5.41, 5.74) is 5.34. The number of fused-ring (bicyclic) bond motifs is 3. The van der Waals surface area contributed by atoms with E-state index < -0.39 is 36.1 Å². The minimum atomic E-state index is -2.69. The van der Waals surface area contributed by atoms with Crippen molar-refractivity contribution in [1.29, 1.82) is 0 Å². The number of benzene rings is 3. The molecule has 3 aromatic carbocycles. The van der Waals surface area contributed by atoms with Gasteiger partial charge in [0, 0.05) is 97.3 Å². The molecule has 5 aliphatic heterocycles. The van der Waals surface area contributed by atoms with Crippen LogP contribution in [0.15, 0.2) is 53.3 Å². The first kappa shape index (κ1) is 34.0. The van der Waals surface area contributed by atoms with Crippen LogP contribution in [0.25, 0.3) is 10.9 Å². The molecule has 12 nitrogen and oxygen atoms in total. The third kappa shape index (κ3) is 5.09. The van der Waals surface area contributed by atoms with E-state index >= 15 is 0 Å². The summed E-state index contributed by atoms with van der Waals surface area (Å²) in [7, 11) is 3.29. The summed E-state index contributed by atoms with van der Waals surface area (Å²) in [6.45, 7) is 4.93. The molecular weight excluding hydrogens is 698 g/mol. The Labute approximate surface area is 308 Å². The molecule has 5 aliphatic rings. The Bertz CT molecular complexity index is 2400. The van der Waals surface area contributed by atoms with E-state index in [0.717, 1.165) is 45.8 Å². The van der Waals surface area contributed by atoms with Gasteiger partial charge in [0.15, 0.2) is 0 Å². The molecular formula is C40H38F2N6O6. The summed E-state index contributed by atoms with van der Waals surface area (Å²) in [4.78, 5) is 70.6. The van der Waals surface area contributed by atoms with Crippen LogP contribution in [0.5, 0.6) is 5.75 Å². The maximum Gasteiger partial charge on any atom is 0.265 e. The number of rotatable bonds is 6. The molecule has 3 fully saturated rings. The maximum absolute atomic E-state index is 14.9. The Hall–Kier alpha value is -5.79. The quantitative estimate of drug-likeness (QED) is 0.283. The molecule has 4 amide bonds. The number of amides is 4. The molecule has 1 spiro atoms. The average molecular weight is 737 g/mol. The third-order valence-electron chi connectivity index (χ3n) is 11.8. The topological polar surface area (TPSA) is 124 Å². The van der Waals surface area contributed by atoms with E-state index in [4.69, 9.17) is 4.74 Å². The number of alkyl halides is 2. The summed E-state index contributed by atoms with van der Waals surface area (Å²) < 4.78 is 37.0. The van der Waals surface area contributed by atoms with E-state index in [9.17, 15) is 32.8 Å². The first-order valence-electron chi connectivity index (χ1n) is 18.1. The van der Waals surface area contributed by atoms with Gasteiger partial charge in [-0.25, -0.2) is 8.78 Å². The van der Waals surface area contributed by atoms with Crippen LogP contribution >= 0.6 is 0 Å². The number of carbonyl (C=O) groups excluding carboxylic acids is 4. The molecule has 1 aromatic heterocycles. The van der Waals surface area contributed by atoms with Crippen LogP contribution in [0.3, 0.4) is 0 Å². The first-order valence-corrected chi connectivity index (χ1v) is 18.1. The number of anilines is 4. The van der Waals surface area contributed by atoms with Gasteiger partial charge >= 0.3 is 0 Å². The lowest BCUT2D eigenvalue weighted by Gasteiger charge is -2.62. The number of pyridine rings is 1. The number of aromatic nitrogens is 1. The second-order valence-corrected chi connectivity index (χ2v) is 15.3. The van der Waals surface area contributed by atoms with Crippen LogP contribution in [-0.2, 0) is 23.1 Å². The molecule has 0 bridgehead atoms. The van der Waals surface area contributed by atoms with Gasteiger partial charge in [0.2, 0.25) is 11.8 Å². The van der Waals surface area contributed by atoms with Gasteiger partial charge in [0.1, 0.15) is 11.8 Å². The summed E-state index contributed by atoms with van der Waals surface area (Å²) in [5, 5.41) is 3.06. The third-order valence-corrected chi connectivity index (χ3v) is 11.8. The Kier molecular flexibility index (Phi) is 7.63. The lowest BCUT2D eigenvalue weighted by Crippen LogP contribution is -2.72. The largest absolute Gasteiger partial charge is 0.497 e. The highest BCUT2D eigenvalue weighted by molar-refractivity contribution is 6.23. The van der Waals surface area contributed by atoms with E-state index in [1.165, 1.54) is 0 Å². The minimum Gasteiger partial charge on any atom is -0.497 e. The van der Waals surface area contributed by atoms with Crippen molar-refractivity contribution in [2.45, 2.75) is 45.1 Å². The molecule has 1 atom stereocenters. The fraction of sp³-hybridized carbons (Fsp3) is 0.375. The van der Waals surface area contributed by atoms with Crippen LogP contribution in [0.2, 0.25) is 0 Å². The molecule has 1 unspecified atom stereocenters. The second-order valence-electron chi connectivity index (χ2n) is 15.3. The minimum absolute atomic E-state index is 0.0233. The molecule has 9 rings (SSSR count). The number of imide groups is 2. The SMILES string of the molecule is COc1cc(N2CCCc3cc(N4CC5(CN(c6ccc7c(c6)C(=O)N(C6CCC(=O)NC6=O)C7=O)C5)C4)c(C(F)F)cc32)c2cc(C)c(=O)n(C)c2c1. The fourth-order valence-electron chi connectivity index (χ4n) is 9.09. The number of methoxy groups -OCH3 is 1. The zero-order chi connectivity index (χ0) is 37.8. The Balaban J connectivity index is 0.944. The zero-order valence-corrected chi connectivity index (χ0v) is 30.1. The number of halogens is 2. The van der Waals surface area contributed by atoms with E-state index in [0.29, 0.717) is 55.2 Å². The number of hydrogen-bond donors (Lipinski definition) is 1. The fourth-order valence-corrected chi connectivity index (χ4v) is 9.09. The molecule has 0 radical (unpaired) electrons. The van der Waals surface area contributed by atoms with E-state index in [2.05, 4.69) is 15.1 Å². The van der Waals surface area contributed by atoms with Crippen molar-refractivity contribution in [3.63, 3.8) is 0 Å². The standard InChI is InChI=1S/C40H38F2N6O6/c1-21-11-27-31(44(2)37(21)51)14-24(54-3)15-33(27)47-10-4-5-22-12-32(28(35(41)42)16-30(22)47)46-19-40(20-46)17-45(18-40)23-6-7-25-26(13-23)39(53)48(38(25)52)29-8-9-34(49)43-36(29)50/h6-7,11-16,29,35H,4-5,8-10,17-20H2,1-3H3,(H,43,49,50). The summed E-state index contributed by atoms with van der Waals surface area (Å²) in [5.74, 6) is -1.61. The Morgan fingerprint density at radius 3 is 2.31 bits per heavy atom. The number of ether oxygens (including phenoxy) is 1. The molecule has 54 heavy (non-hydrogen) atoms. The molecule has 4 aromatic rings. The molecule has 6 heterocycles. The monoisotopic (exact) mass is 736 g/mol.